The van der Waals surface area contributed by atoms with Crippen LogP contribution in [0.2, 0.25) is 0 Å². The van der Waals surface area contributed by atoms with Crippen LogP contribution < -0.4 is 10.2 Å². The Hall–Kier alpha value is -2.62. The lowest BCUT2D eigenvalue weighted by molar-refractivity contribution is -0.123. The van der Waals surface area contributed by atoms with E-state index in [1.807, 2.05) is 70.2 Å². The Morgan fingerprint density at radius 2 is 1.70 bits per heavy atom. The van der Waals surface area contributed by atoms with Gasteiger partial charge >= 0.3 is 0 Å². The Balaban J connectivity index is 1.90. The minimum Gasteiger partial charge on any atom is -0.483 e. The number of aryl methyl sites for hydroxylation is 3. The van der Waals surface area contributed by atoms with E-state index in [0.29, 0.717) is 0 Å². The second-order valence-electron chi connectivity index (χ2n) is 5.66. The van der Waals surface area contributed by atoms with Gasteiger partial charge in [-0.25, -0.2) is 5.43 Å². The molecule has 1 N–H and O–H groups in total. The van der Waals surface area contributed by atoms with Crippen LogP contribution in [0.5, 0.6) is 5.75 Å². The molecule has 2 aromatic rings. The number of carbonyl (C=O) groups excluding carboxylic acids is 1. The molecular formula is C19H22N2O2. The first-order valence-corrected chi connectivity index (χ1v) is 7.56. The molecule has 2 rings (SSSR count). The topological polar surface area (TPSA) is 50.7 Å². The van der Waals surface area contributed by atoms with E-state index in [2.05, 4.69) is 10.5 Å². The summed E-state index contributed by atoms with van der Waals surface area (Å²) in [7, 11) is 0. The zero-order valence-corrected chi connectivity index (χ0v) is 14.0. The third-order valence-electron chi connectivity index (χ3n) is 3.52. The molecule has 0 aliphatic carbocycles. The van der Waals surface area contributed by atoms with Gasteiger partial charge in [-0.3, -0.25) is 4.79 Å². The minimum atomic E-state index is -0.280. The van der Waals surface area contributed by atoms with Crippen molar-refractivity contribution in [2.45, 2.75) is 27.7 Å². The van der Waals surface area contributed by atoms with Crippen LogP contribution in [0.25, 0.3) is 0 Å². The Bertz CT molecular complexity index is 719. The number of carbonyl (C=O) groups is 1. The molecule has 1 amide bonds. The van der Waals surface area contributed by atoms with Gasteiger partial charge in [0.05, 0.1) is 5.71 Å². The average molecular weight is 310 g/mol. The summed E-state index contributed by atoms with van der Waals surface area (Å²) in [5.41, 5.74) is 7.54. The van der Waals surface area contributed by atoms with Gasteiger partial charge in [0.15, 0.2) is 6.61 Å². The van der Waals surface area contributed by atoms with Crippen molar-refractivity contribution < 1.29 is 9.53 Å². The van der Waals surface area contributed by atoms with E-state index < -0.39 is 0 Å². The first kappa shape index (κ1) is 16.7. The molecule has 0 spiro atoms. The Morgan fingerprint density at radius 1 is 1.04 bits per heavy atom. The number of nitrogens with one attached hydrogen (secondary N) is 1. The lowest BCUT2D eigenvalue weighted by Crippen LogP contribution is -2.25. The molecule has 0 unspecified atom stereocenters. The van der Waals surface area contributed by atoms with Gasteiger partial charge < -0.3 is 4.74 Å². The largest absolute Gasteiger partial charge is 0.483 e. The highest BCUT2D eigenvalue weighted by molar-refractivity contribution is 5.99. The van der Waals surface area contributed by atoms with E-state index >= 15 is 0 Å². The molecule has 120 valence electrons. The van der Waals surface area contributed by atoms with Crippen molar-refractivity contribution in [3.63, 3.8) is 0 Å². The third kappa shape index (κ3) is 4.95. The number of benzene rings is 2. The van der Waals surface area contributed by atoms with Crippen LogP contribution in [-0.2, 0) is 4.79 Å². The second kappa shape index (κ2) is 7.58. The number of ether oxygens (including phenoxy) is 1. The summed E-state index contributed by atoms with van der Waals surface area (Å²) in [6.45, 7) is 7.77. The van der Waals surface area contributed by atoms with Gasteiger partial charge in [-0.1, -0.05) is 42.0 Å². The molecule has 4 heteroatoms. The SMILES string of the molecule is C/C(=N\NC(=O)COc1cc(C)ccc1C)c1ccc(C)cc1. The summed E-state index contributed by atoms with van der Waals surface area (Å²) >= 11 is 0. The fourth-order valence-electron chi connectivity index (χ4n) is 2.04. The van der Waals surface area contributed by atoms with Gasteiger partial charge in [-0.05, 0) is 50.5 Å². The monoisotopic (exact) mass is 310 g/mol. The summed E-state index contributed by atoms with van der Waals surface area (Å²) in [5, 5.41) is 4.11. The van der Waals surface area contributed by atoms with Crippen molar-refractivity contribution >= 4 is 11.6 Å². The van der Waals surface area contributed by atoms with Gasteiger partial charge in [0, 0.05) is 0 Å². The van der Waals surface area contributed by atoms with Crippen LogP contribution in [0.15, 0.2) is 47.6 Å². The van der Waals surface area contributed by atoms with Gasteiger partial charge in [-0.15, -0.1) is 0 Å². The summed E-state index contributed by atoms with van der Waals surface area (Å²) in [6, 6.07) is 13.9. The van der Waals surface area contributed by atoms with Crippen molar-refractivity contribution in [2.75, 3.05) is 6.61 Å². The highest BCUT2D eigenvalue weighted by Crippen LogP contribution is 2.18. The molecule has 0 atom stereocenters. The lowest BCUT2D eigenvalue weighted by Gasteiger charge is -2.09. The molecule has 2 aromatic carbocycles. The first-order valence-electron chi connectivity index (χ1n) is 7.56. The molecular weight excluding hydrogens is 288 g/mol. The van der Waals surface area contributed by atoms with Gasteiger partial charge in [0.1, 0.15) is 5.75 Å². The fraction of sp³-hybridized carbons (Fsp3) is 0.263. The summed E-state index contributed by atoms with van der Waals surface area (Å²) in [6.07, 6.45) is 0. The van der Waals surface area contributed by atoms with Crippen LogP contribution >= 0.6 is 0 Å². The van der Waals surface area contributed by atoms with E-state index in [-0.39, 0.29) is 12.5 Å². The lowest BCUT2D eigenvalue weighted by atomic mass is 10.1. The van der Waals surface area contributed by atoms with E-state index in [9.17, 15) is 4.79 Å². The normalized spacial score (nSPS) is 11.2. The quantitative estimate of drug-likeness (QED) is 0.678. The van der Waals surface area contributed by atoms with Crippen LogP contribution in [0, 0.1) is 20.8 Å². The van der Waals surface area contributed by atoms with Crippen molar-refractivity contribution in [3.05, 3.63) is 64.7 Å². The van der Waals surface area contributed by atoms with Crippen molar-refractivity contribution in [3.8, 4) is 5.75 Å². The number of rotatable bonds is 5. The molecule has 0 saturated carbocycles. The maximum atomic E-state index is 11.9. The van der Waals surface area contributed by atoms with Gasteiger partial charge in [0.2, 0.25) is 0 Å². The summed E-state index contributed by atoms with van der Waals surface area (Å²) in [4.78, 5) is 11.9. The molecule has 0 fully saturated rings. The zero-order valence-electron chi connectivity index (χ0n) is 14.0. The molecule has 0 aliphatic rings. The number of hydrogen-bond donors (Lipinski definition) is 1. The molecule has 4 nitrogen and oxygen atoms in total. The number of nitrogens with zero attached hydrogens (tertiary/aromatic N) is 1. The van der Waals surface area contributed by atoms with Crippen LogP contribution in [0.4, 0.5) is 0 Å². The zero-order chi connectivity index (χ0) is 16.8. The smallest absolute Gasteiger partial charge is 0.277 e. The van der Waals surface area contributed by atoms with Crippen LogP contribution in [0.3, 0.4) is 0 Å². The molecule has 23 heavy (non-hydrogen) atoms. The summed E-state index contributed by atoms with van der Waals surface area (Å²) in [5.74, 6) is 0.441. The molecule has 0 heterocycles. The number of hydrazone groups is 1. The van der Waals surface area contributed by atoms with E-state index in [0.717, 1.165) is 28.2 Å². The fourth-order valence-corrected chi connectivity index (χ4v) is 2.04. The predicted molar refractivity (Wildman–Crippen MR) is 92.9 cm³/mol. The Morgan fingerprint density at radius 3 is 2.39 bits per heavy atom. The van der Waals surface area contributed by atoms with Gasteiger partial charge in [-0.2, -0.15) is 5.10 Å². The predicted octanol–water partition coefficient (Wildman–Crippen LogP) is 3.53. The van der Waals surface area contributed by atoms with Crippen LogP contribution in [-0.4, -0.2) is 18.2 Å². The van der Waals surface area contributed by atoms with E-state index in [4.69, 9.17) is 4.74 Å². The van der Waals surface area contributed by atoms with E-state index in [1.54, 1.807) is 0 Å². The molecule has 0 saturated heterocycles. The average Bonchev–Trinajstić information content (AvgIpc) is 2.54. The second-order valence-corrected chi connectivity index (χ2v) is 5.66. The highest BCUT2D eigenvalue weighted by atomic mass is 16.5. The Kier molecular flexibility index (Phi) is 5.52. The highest BCUT2D eigenvalue weighted by Gasteiger charge is 2.05. The van der Waals surface area contributed by atoms with Crippen molar-refractivity contribution in [2.24, 2.45) is 5.10 Å². The number of hydrogen-bond acceptors (Lipinski definition) is 3. The molecule has 0 aromatic heterocycles. The van der Waals surface area contributed by atoms with Crippen LogP contribution in [0.1, 0.15) is 29.2 Å². The molecule has 0 radical (unpaired) electrons. The van der Waals surface area contributed by atoms with E-state index in [1.165, 1.54) is 5.56 Å². The summed E-state index contributed by atoms with van der Waals surface area (Å²) < 4.78 is 5.55. The maximum Gasteiger partial charge on any atom is 0.277 e. The molecule has 0 aliphatic heterocycles. The number of amides is 1. The van der Waals surface area contributed by atoms with Crippen molar-refractivity contribution in [1.82, 2.24) is 5.43 Å². The minimum absolute atomic E-state index is 0.0605. The standard InChI is InChI=1S/C19H22N2O2/c1-13-6-9-17(10-7-13)16(4)20-21-19(22)12-23-18-11-14(2)5-8-15(18)3/h5-11H,12H2,1-4H3,(H,21,22)/b20-16+. The first-order chi connectivity index (χ1) is 11.0. The Labute approximate surface area is 137 Å². The third-order valence-corrected chi connectivity index (χ3v) is 3.52. The maximum absolute atomic E-state index is 11.9. The van der Waals surface area contributed by atoms with Crippen molar-refractivity contribution in [1.29, 1.82) is 0 Å². The van der Waals surface area contributed by atoms with Gasteiger partial charge in [0.25, 0.3) is 5.91 Å². The molecule has 0 bridgehead atoms.